The van der Waals surface area contributed by atoms with Crippen molar-refractivity contribution in [2.45, 2.75) is 6.92 Å². The highest BCUT2D eigenvalue weighted by molar-refractivity contribution is 6.15. The third-order valence-corrected chi connectivity index (χ3v) is 3.97. The van der Waals surface area contributed by atoms with E-state index in [1.54, 1.807) is 36.5 Å². The van der Waals surface area contributed by atoms with E-state index in [0.29, 0.717) is 22.7 Å². The maximum Gasteiger partial charge on any atom is 0.343 e. The molecule has 0 radical (unpaired) electrons. The summed E-state index contributed by atoms with van der Waals surface area (Å²) in [5.41, 5.74) is -0.133. The van der Waals surface area contributed by atoms with Gasteiger partial charge in [0.25, 0.3) is 0 Å². The van der Waals surface area contributed by atoms with Gasteiger partial charge in [0.05, 0.1) is 23.4 Å². The molecule has 3 rings (SSSR count). The average molecular weight is 400 g/mol. The maximum absolute atomic E-state index is 14.1. The van der Waals surface area contributed by atoms with Crippen molar-refractivity contribution in [1.29, 1.82) is 0 Å². The van der Waals surface area contributed by atoms with Crippen LogP contribution in [0.15, 0.2) is 59.2 Å². The predicted octanol–water partition coefficient (Wildman–Crippen LogP) is 4.89. The highest BCUT2D eigenvalue weighted by Gasteiger charge is 2.21. The van der Waals surface area contributed by atoms with Gasteiger partial charge < -0.3 is 9.84 Å². The lowest BCUT2D eigenvalue weighted by Crippen LogP contribution is -2.12. The molecule has 0 fully saturated rings. The summed E-state index contributed by atoms with van der Waals surface area (Å²) in [4.78, 5) is 20.6. The Kier molecular flexibility index (Phi) is 5.92. The zero-order valence-electron chi connectivity index (χ0n) is 15.2. The molecule has 2 aromatic carbocycles. The van der Waals surface area contributed by atoms with E-state index in [2.05, 4.69) is 9.98 Å². The highest BCUT2D eigenvalue weighted by atomic mass is 19.2. The van der Waals surface area contributed by atoms with Crippen molar-refractivity contribution >= 4 is 34.5 Å². The second-order valence-corrected chi connectivity index (χ2v) is 5.83. The topological polar surface area (TPSA) is 71.8 Å². The smallest absolute Gasteiger partial charge is 0.343 e. The van der Waals surface area contributed by atoms with E-state index < -0.39 is 40.3 Å². The molecule has 8 heteroatoms. The van der Waals surface area contributed by atoms with E-state index >= 15 is 0 Å². The molecule has 0 bridgehead atoms. The first-order chi connectivity index (χ1) is 13.9. The van der Waals surface area contributed by atoms with Crippen LogP contribution in [0.4, 0.5) is 18.9 Å². The van der Waals surface area contributed by atoms with Crippen LogP contribution in [0.5, 0.6) is 0 Å². The molecule has 0 unspecified atom stereocenters. The Morgan fingerprint density at radius 3 is 2.66 bits per heavy atom. The van der Waals surface area contributed by atoms with Crippen LogP contribution in [0, 0.1) is 17.5 Å². The van der Waals surface area contributed by atoms with Crippen LogP contribution in [0.3, 0.4) is 0 Å². The molecule has 0 amide bonds. The Morgan fingerprint density at radius 2 is 1.90 bits per heavy atom. The lowest BCUT2D eigenvalue weighted by atomic mass is 10.1. The van der Waals surface area contributed by atoms with Gasteiger partial charge in [-0.25, -0.2) is 18.0 Å². The molecule has 0 atom stereocenters. The minimum atomic E-state index is -1.42. The van der Waals surface area contributed by atoms with Crippen LogP contribution >= 0.6 is 0 Å². The van der Waals surface area contributed by atoms with Crippen molar-refractivity contribution in [1.82, 2.24) is 4.98 Å². The van der Waals surface area contributed by atoms with Crippen molar-refractivity contribution in [2.24, 2.45) is 4.99 Å². The number of esters is 1. The predicted molar refractivity (Wildman–Crippen MR) is 102 cm³/mol. The molecule has 0 aliphatic carbocycles. The second kappa shape index (κ2) is 8.55. The van der Waals surface area contributed by atoms with Gasteiger partial charge in [0.15, 0.2) is 11.6 Å². The van der Waals surface area contributed by atoms with Crippen LogP contribution < -0.4 is 0 Å². The largest absolute Gasteiger partial charge is 0.506 e. The van der Waals surface area contributed by atoms with Crippen molar-refractivity contribution in [3.05, 3.63) is 77.2 Å². The number of halogens is 3. The van der Waals surface area contributed by atoms with Gasteiger partial charge in [0.2, 0.25) is 0 Å². The van der Waals surface area contributed by atoms with E-state index in [1.165, 1.54) is 6.92 Å². The Hall–Kier alpha value is -3.68. The molecule has 1 N–H and O–H groups in total. The molecule has 0 saturated carbocycles. The standard InChI is InChI=1S/C21H15F3N2O3/c1-2-29-21(28)14(20(27)13-9-16(23)17(24)10-15(13)22)11-26-19-7-3-6-18-12(19)5-4-8-25-18/h3-11,27H,2H2,1H3/b20-14+,26-11?. The molecule has 1 aromatic heterocycles. The number of rotatable bonds is 5. The summed E-state index contributed by atoms with van der Waals surface area (Å²) in [6, 6.07) is 9.31. The number of fused-ring (bicyclic) bond motifs is 1. The molecular formula is C21H15F3N2O3. The number of carbonyl (C=O) groups is 1. The molecule has 29 heavy (non-hydrogen) atoms. The summed E-state index contributed by atoms with van der Waals surface area (Å²) in [5.74, 6) is -5.98. The number of aliphatic hydroxyl groups is 1. The number of benzene rings is 2. The van der Waals surface area contributed by atoms with Crippen LogP contribution in [-0.2, 0) is 9.53 Å². The summed E-state index contributed by atoms with van der Waals surface area (Å²) < 4.78 is 45.6. The van der Waals surface area contributed by atoms with Crippen LogP contribution in [0.1, 0.15) is 12.5 Å². The number of carbonyl (C=O) groups excluding carboxylic acids is 1. The summed E-state index contributed by atoms with van der Waals surface area (Å²) >= 11 is 0. The number of pyridine rings is 1. The van der Waals surface area contributed by atoms with E-state index in [0.717, 1.165) is 6.21 Å². The molecule has 1 heterocycles. The lowest BCUT2D eigenvalue weighted by Gasteiger charge is -2.08. The first-order valence-electron chi connectivity index (χ1n) is 8.55. The molecule has 3 aromatic rings. The molecule has 0 saturated heterocycles. The van der Waals surface area contributed by atoms with Gasteiger partial charge in [0.1, 0.15) is 17.1 Å². The Labute approximate surface area is 163 Å². The van der Waals surface area contributed by atoms with Gasteiger partial charge in [-0.2, -0.15) is 0 Å². The number of ether oxygens (including phenoxy) is 1. The first-order valence-corrected chi connectivity index (χ1v) is 8.55. The van der Waals surface area contributed by atoms with Crippen molar-refractivity contribution in [3.8, 4) is 0 Å². The number of aliphatic hydroxyl groups excluding tert-OH is 1. The second-order valence-electron chi connectivity index (χ2n) is 5.83. The third-order valence-electron chi connectivity index (χ3n) is 3.97. The lowest BCUT2D eigenvalue weighted by molar-refractivity contribution is -0.137. The van der Waals surface area contributed by atoms with Crippen molar-refractivity contribution in [3.63, 3.8) is 0 Å². The van der Waals surface area contributed by atoms with Gasteiger partial charge in [-0.05, 0) is 37.3 Å². The fourth-order valence-electron chi connectivity index (χ4n) is 2.60. The molecule has 5 nitrogen and oxygen atoms in total. The van der Waals surface area contributed by atoms with Gasteiger partial charge in [-0.3, -0.25) is 9.98 Å². The zero-order valence-corrected chi connectivity index (χ0v) is 15.2. The van der Waals surface area contributed by atoms with E-state index in [9.17, 15) is 23.1 Å². The Morgan fingerprint density at radius 1 is 1.14 bits per heavy atom. The first kappa shape index (κ1) is 20.1. The van der Waals surface area contributed by atoms with E-state index in [1.807, 2.05) is 0 Å². The SMILES string of the molecule is CCOC(=O)/C(C=Nc1cccc2ncccc12)=C(/O)c1cc(F)c(F)cc1F. The number of hydrogen-bond donors (Lipinski definition) is 1. The Balaban J connectivity index is 2.13. The Bertz CT molecular complexity index is 1140. The van der Waals surface area contributed by atoms with E-state index in [-0.39, 0.29) is 12.7 Å². The van der Waals surface area contributed by atoms with Gasteiger partial charge in [0, 0.05) is 23.9 Å². The molecule has 148 valence electrons. The quantitative estimate of drug-likeness (QED) is 0.218. The minimum Gasteiger partial charge on any atom is -0.506 e. The number of hydrogen-bond acceptors (Lipinski definition) is 5. The average Bonchev–Trinajstić information content (AvgIpc) is 2.71. The summed E-state index contributed by atoms with van der Waals surface area (Å²) in [5, 5.41) is 11.1. The van der Waals surface area contributed by atoms with Gasteiger partial charge in [-0.15, -0.1) is 0 Å². The van der Waals surface area contributed by atoms with E-state index in [4.69, 9.17) is 4.74 Å². The fraction of sp³-hybridized carbons (Fsp3) is 0.0952. The van der Waals surface area contributed by atoms with Crippen molar-refractivity contribution in [2.75, 3.05) is 6.61 Å². The molecular weight excluding hydrogens is 385 g/mol. The number of aliphatic imine (C=N–C) groups is 1. The van der Waals surface area contributed by atoms with Crippen LogP contribution in [0.2, 0.25) is 0 Å². The fourth-order valence-corrected chi connectivity index (χ4v) is 2.60. The summed E-state index contributed by atoms with van der Waals surface area (Å²) in [6.45, 7) is 1.51. The molecule has 0 aliphatic heterocycles. The molecule has 0 aliphatic rings. The monoisotopic (exact) mass is 400 g/mol. The molecule has 0 spiro atoms. The zero-order chi connectivity index (χ0) is 21.0. The normalized spacial score (nSPS) is 12.3. The summed E-state index contributed by atoms with van der Waals surface area (Å²) in [7, 11) is 0. The van der Waals surface area contributed by atoms with Gasteiger partial charge >= 0.3 is 5.97 Å². The summed E-state index contributed by atoms with van der Waals surface area (Å²) in [6.07, 6.45) is 2.59. The minimum absolute atomic E-state index is 0.0259. The van der Waals surface area contributed by atoms with Crippen LogP contribution in [-0.4, -0.2) is 28.9 Å². The number of aromatic nitrogens is 1. The van der Waals surface area contributed by atoms with Crippen LogP contribution in [0.25, 0.3) is 16.7 Å². The highest BCUT2D eigenvalue weighted by Crippen LogP contribution is 2.26. The third kappa shape index (κ3) is 4.26. The number of nitrogens with zero attached hydrogens (tertiary/aromatic N) is 2. The maximum atomic E-state index is 14.1. The van der Waals surface area contributed by atoms with Crippen molar-refractivity contribution < 1.29 is 27.8 Å². The van der Waals surface area contributed by atoms with Gasteiger partial charge in [-0.1, -0.05) is 6.07 Å².